The van der Waals surface area contributed by atoms with Crippen LogP contribution in [0.3, 0.4) is 0 Å². The maximum Gasteiger partial charge on any atom is 0.0514 e. The van der Waals surface area contributed by atoms with Crippen molar-refractivity contribution in [2.24, 2.45) is 5.92 Å². The third-order valence-corrected chi connectivity index (χ3v) is 3.14. The van der Waals surface area contributed by atoms with E-state index in [4.69, 9.17) is 0 Å². The highest BCUT2D eigenvalue weighted by atomic mass is 16.3. The molecule has 1 aromatic carbocycles. The van der Waals surface area contributed by atoms with Crippen LogP contribution in [0, 0.1) is 26.7 Å². The van der Waals surface area contributed by atoms with Crippen molar-refractivity contribution < 1.29 is 5.11 Å². The quantitative estimate of drug-likeness (QED) is 0.822. The van der Waals surface area contributed by atoms with Crippen molar-refractivity contribution >= 4 is 0 Å². The second kappa shape index (κ2) is 5.49. The van der Waals surface area contributed by atoms with E-state index in [1.165, 1.54) is 22.3 Å². The van der Waals surface area contributed by atoms with Crippen LogP contribution in [0.15, 0.2) is 12.1 Å². The standard InChI is InChI=1S/C15H24O/c1-10-6-12(3)15(13(4)7-10)9-11(2)8-14(5)16/h6-7,11,14,16H,8-9H2,1-5H3. The number of hydrogen-bond acceptors (Lipinski definition) is 1. The third kappa shape index (κ3) is 3.64. The molecular formula is C15H24O. The molecule has 1 heteroatoms. The molecule has 1 nitrogen and oxygen atoms in total. The summed E-state index contributed by atoms with van der Waals surface area (Å²) in [6.45, 7) is 10.6. The summed E-state index contributed by atoms with van der Waals surface area (Å²) in [5, 5.41) is 9.38. The number of hydrogen-bond donors (Lipinski definition) is 1. The second-order valence-corrected chi connectivity index (χ2v) is 5.27. The van der Waals surface area contributed by atoms with Crippen LogP contribution in [0.4, 0.5) is 0 Å². The lowest BCUT2D eigenvalue weighted by Crippen LogP contribution is -2.11. The highest BCUT2D eigenvalue weighted by Gasteiger charge is 2.11. The summed E-state index contributed by atoms with van der Waals surface area (Å²) in [6.07, 6.45) is 1.76. The Labute approximate surface area is 99.5 Å². The predicted octanol–water partition coefficient (Wildman–Crippen LogP) is 3.56. The Morgan fingerprint density at radius 3 is 2.00 bits per heavy atom. The van der Waals surface area contributed by atoms with Crippen molar-refractivity contribution in [1.29, 1.82) is 0 Å². The van der Waals surface area contributed by atoms with Crippen molar-refractivity contribution in [2.45, 2.75) is 53.6 Å². The molecular weight excluding hydrogens is 196 g/mol. The molecule has 90 valence electrons. The molecule has 0 heterocycles. The van der Waals surface area contributed by atoms with Gasteiger partial charge < -0.3 is 5.11 Å². The van der Waals surface area contributed by atoms with Crippen LogP contribution in [0.5, 0.6) is 0 Å². The van der Waals surface area contributed by atoms with Crippen LogP contribution < -0.4 is 0 Å². The topological polar surface area (TPSA) is 20.2 Å². The highest BCUT2D eigenvalue weighted by Crippen LogP contribution is 2.21. The minimum absolute atomic E-state index is 0.193. The second-order valence-electron chi connectivity index (χ2n) is 5.27. The maximum absolute atomic E-state index is 9.38. The fourth-order valence-electron chi connectivity index (χ4n) is 2.55. The molecule has 0 aliphatic rings. The average Bonchev–Trinajstić information content (AvgIpc) is 2.09. The first kappa shape index (κ1) is 13.2. The average molecular weight is 220 g/mol. The first-order valence-corrected chi connectivity index (χ1v) is 6.15. The van der Waals surface area contributed by atoms with Crippen LogP contribution >= 0.6 is 0 Å². The molecule has 0 saturated carbocycles. The molecule has 0 aliphatic carbocycles. The zero-order chi connectivity index (χ0) is 12.3. The van der Waals surface area contributed by atoms with Crippen LogP contribution in [-0.4, -0.2) is 11.2 Å². The van der Waals surface area contributed by atoms with Crippen LogP contribution in [0.2, 0.25) is 0 Å². The number of rotatable bonds is 4. The zero-order valence-corrected chi connectivity index (χ0v) is 11.2. The van der Waals surface area contributed by atoms with E-state index in [2.05, 4.69) is 39.8 Å². The SMILES string of the molecule is Cc1cc(C)c(CC(C)CC(C)O)c(C)c1. The van der Waals surface area contributed by atoms with E-state index in [-0.39, 0.29) is 6.10 Å². The molecule has 0 radical (unpaired) electrons. The predicted molar refractivity (Wildman–Crippen MR) is 69.8 cm³/mol. The van der Waals surface area contributed by atoms with Gasteiger partial charge in [0.25, 0.3) is 0 Å². The summed E-state index contributed by atoms with van der Waals surface area (Å²) in [7, 11) is 0. The van der Waals surface area contributed by atoms with E-state index in [1.807, 2.05) is 6.92 Å². The number of aryl methyl sites for hydroxylation is 3. The van der Waals surface area contributed by atoms with Gasteiger partial charge in [-0.2, -0.15) is 0 Å². The third-order valence-electron chi connectivity index (χ3n) is 3.14. The molecule has 0 bridgehead atoms. The monoisotopic (exact) mass is 220 g/mol. The lowest BCUT2D eigenvalue weighted by molar-refractivity contribution is 0.164. The fourth-order valence-corrected chi connectivity index (χ4v) is 2.55. The Balaban J connectivity index is 2.81. The lowest BCUT2D eigenvalue weighted by atomic mass is 9.90. The zero-order valence-electron chi connectivity index (χ0n) is 11.2. The highest BCUT2D eigenvalue weighted by molar-refractivity contribution is 5.37. The lowest BCUT2D eigenvalue weighted by Gasteiger charge is -2.17. The summed E-state index contributed by atoms with van der Waals surface area (Å²) in [5.41, 5.74) is 5.56. The molecule has 2 atom stereocenters. The first-order valence-electron chi connectivity index (χ1n) is 6.15. The van der Waals surface area contributed by atoms with Crippen molar-refractivity contribution in [3.05, 3.63) is 34.4 Å². The molecule has 0 spiro atoms. The van der Waals surface area contributed by atoms with Gasteiger partial charge in [0.15, 0.2) is 0 Å². The van der Waals surface area contributed by atoms with Crippen molar-refractivity contribution in [2.75, 3.05) is 0 Å². The van der Waals surface area contributed by atoms with Gasteiger partial charge in [-0.1, -0.05) is 24.6 Å². The van der Waals surface area contributed by atoms with E-state index in [9.17, 15) is 5.11 Å². The fraction of sp³-hybridized carbons (Fsp3) is 0.600. The molecule has 1 aromatic rings. The van der Waals surface area contributed by atoms with Crippen LogP contribution in [0.25, 0.3) is 0 Å². The Hall–Kier alpha value is -0.820. The molecule has 2 unspecified atom stereocenters. The van der Waals surface area contributed by atoms with Gasteiger partial charge in [0.1, 0.15) is 0 Å². The summed E-state index contributed by atoms with van der Waals surface area (Å²) in [6, 6.07) is 4.49. The minimum Gasteiger partial charge on any atom is -0.393 e. The molecule has 1 rings (SSSR count). The summed E-state index contributed by atoms with van der Waals surface area (Å²) < 4.78 is 0. The molecule has 16 heavy (non-hydrogen) atoms. The van der Waals surface area contributed by atoms with Crippen molar-refractivity contribution in [3.63, 3.8) is 0 Å². The number of aliphatic hydroxyl groups excluding tert-OH is 1. The van der Waals surface area contributed by atoms with E-state index in [0.29, 0.717) is 5.92 Å². The largest absolute Gasteiger partial charge is 0.393 e. The van der Waals surface area contributed by atoms with Gasteiger partial charge in [-0.25, -0.2) is 0 Å². The summed E-state index contributed by atoms with van der Waals surface area (Å²) >= 11 is 0. The number of aliphatic hydroxyl groups is 1. The summed E-state index contributed by atoms with van der Waals surface area (Å²) in [4.78, 5) is 0. The van der Waals surface area contributed by atoms with E-state index in [1.54, 1.807) is 0 Å². The first-order chi connectivity index (χ1) is 7.40. The molecule has 0 aliphatic heterocycles. The Morgan fingerprint density at radius 2 is 1.56 bits per heavy atom. The molecule has 0 fully saturated rings. The van der Waals surface area contributed by atoms with Gasteiger partial charge in [0, 0.05) is 0 Å². The van der Waals surface area contributed by atoms with Gasteiger partial charge in [-0.3, -0.25) is 0 Å². The molecule has 1 N–H and O–H groups in total. The molecule has 0 aromatic heterocycles. The maximum atomic E-state index is 9.38. The Morgan fingerprint density at radius 1 is 1.06 bits per heavy atom. The van der Waals surface area contributed by atoms with Crippen molar-refractivity contribution in [3.8, 4) is 0 Å². The normalized spacial score (nSPS) is 14.9. The Bertz CT molecular complexity index is 329. The smallest absolute Gasteiger partial charge is 0.0514 e. The number of benzene rings is 1. The van der Waals surface area contributed by atoms with Crippen LogP contribution in [-0.2, 0) is 6.42 Å². The van der Waals surface area contributed by atoms with Gasteiger partial charge in [0.2, 0.25) is 0 Å². The summed E-state index contributed by atoms with van der Waals surface area (Å²) in [5.74, 6) is 0.542. The molecule has 0 amide bonds. The van der Waals surface area contributed by atoms with E-state index < -0.39 is 0 Å². The van der Waals surface area contributed by atoms with E-state index in [0.717, 1.165) is 12.8 Å². The van der Waals surface area contributed by atoms with Crippen LogP contribution in [0.1, 0.15) is 42.5 Å². The van der Waals surface area contributed by atoms with Gasteiger partial charge in [-0.05, 0) is 63.1 Å². The Kier molecular flexibility index (Phi) is 4.55. The van der Waals surface area contributed by atoms with Crippen molar-refractivity contribution in [1.82, 2.24) is 0 Å². The minimum atomic E-state index is -0.193. The van der Waals surface area contributed by atoms with E-state index >= 15 is 0 Å². The molecule has 0 saturated heterocycles. The van der Waals surface area contributed by atoms with Gasteiger partial charge in [-0.15, -0.1) is 0 Å². The van der Waals surface area contributed by atoms with Gasteiger partial charge in [0.05, 0.1) is 6.10 Å². The van der Waals surface area contributed by atoms with Gasteiger partial charge >= 0.3 is 0 Å².